The van der Waals surface area contributed by atoms with Gasteiger partial charge in [0.1, 0.15) is 0 Å². The first kappa shape index (κ1) is 19.4. The van der Waals surface area contributed by atoms with E-state index >= 15 is 0 Å². The zero-order valence-corrected chi connectivity index (χ0v) is 16.0. The highest BCUT2D eigenvalue weighted by molar-refractivity contribution is 8.00. The van der Waals surface area contributed by atoms with Gasteiger partial charge in [0.15, 0.2) is 5.16 Å². The first-order valence-corrected chi connectivity index (χ1v) is 9.92. The fourth-order valence-electron chi connectivity index (χ4n) is 1.98. The second kappa shape index (κ2) is 7.51. The number of nitrogens with one attached hydrogen (secondary N) is 1. The van der Waals surface area contributed by atoms with Crippen molar-refractivity contribution in [2.75, 3.05) is 5.32 Å². The number of hydrogen-bond acceptors (Lipinski definition) is 6. The van der Waals surface area contributed by atoms with Crippen molar-refractivity contribution in [1.82, 2.24) is 9.97 Å². The molecule has 0 spiro atoms. The molecule has 2 rings (SSSR count). The van der Waals surface area contributed by atoms with Gasteiger partial charge in [-0.3, -0.25) is 4.79 Å². The van der Waals surface area contributed by atoms with E-state index in [2.05, 4.69) is 15.3 Å². The molecule has 1 atom stereocenters. The molecule has 0 bridgehead atoms. The quantitative estimate of drug-likeness (QED) is 0.607. The number of nitrogens with two attached hydrogens (primary N) is 1. The van der Waals surface area contributed by atoms with Gasteiger partial charge in [0.2, 0.25) is 15.9 Å². The lowest BCUT2D eigenvalue weighted by atomic mass is 10.2. The van der Waals surface area contributed by atoms with Crippen LogP contribution < -0.4 is 10.5 Å². The molecule has 0 aliphatic rings. The molecule has 0 radical (unpaired) electrons. The van der Waals surface area contributed by atoms with E-state index in [9.17, 15) is 13.2 Å². The van der Waals surface area contributed by atoms with Gasteiger partial charge in [-0.1, -0.05) is 11.8 Å². The first-order valence-electron chi connectivity index (χ1n) is 7.50. The van der Waals surface area contributed by atoms with Crippen molar-refractivity contribution in [3.63, 3.8) is 0 Å². The first-order chi connectivity index (χ1) is 11.6. The molecule has 25 heavy (non-hydrogen) atoms. The predicted octanol–water partition coefficient (Wildman–Crippen LogP) is 2.17. The third-order valence-corrected chi connectivity index (χ3v) is 5.60. The molecule has 134 valence electrons. The number of sulfonamides is 1. The van der Waals surface area contributed by atoms with Gasteiger partial charge < -0.3 is 5.32 Å². The van der Waals surface area contributed by atoms with Gasteiger partial charge in [-0.2, -0.15) is 0 Å². The van der Waals surface area contributed by atoms with Crippen molar-refractivity contribution < 1.29 is 13.2 Å². The Kier molecular flexibility index (Phi) is 5.81. The van der Waals surface area contributed by atoms with Crippen LogP contribution in [0.1, 0.15) is 23.9 Å². The van der Waals surface area contributed by atoms with E-state index in [0.717, 1.165) is 17.0 Å². The molecular weight excluding hydrogens is 360 g/mol. The number of anilines is 1. The number of primary sulfonamides is 1. The summed E-state index contributed by atoms with van der Waals surface area (Å²) in [7, 11) is -3.75. The van der Waals surface area contributed by atoms with Crippen LogP contribution >= 0.6 is 11.8 Å². The molecule has 9 heteroatoms. The normalized spacial score (nSPS) is 12.7. The summed E-state index contributed by atoms with van der Waals surface area (Å²) in [6.45, 7) is 7.53. The van der Waals surface area contributed by atoms with E-state index in [1.807, 2.05) is 20.8 Å². The van der Waals surface area contributed by atoms with Crippen LogP contribution in [-0.2, 0) is 14.8 Å². The van der Waals surface area contributed by atoms with Gasteiger partial charge in [0.25, 0.3) is 0 Å². The fourth-order valence-corrected chi connectivity index (χ4v) is 3.35. The number of thioether (sulfide) groups is 1. The van der Waals surface area contributed by atoms with Gasteiger partial charge >= 0.3 is 0 Å². The molecule has 1 heterocycles. The number of hydrogen-bond donors (Lipinski definition) is 2. The second-order valence-corrected chi connectivity index (χ2v) is 8.49. The molecule has 0 saturated heterocycles. The molecule has 1 amide bonds. The Hall–Kier alpha value is -1.97. The summed E-state index contributed by atoms with van der Waals surface area (Å²) >= 11 is 1.27. The van der Waals surface area contributed by atoms with Crippen LogP contribution in [0.4, 0.5) is 5.69 Å². The summed E-state index contributed by atoms with van der Waals surface area (Å²) < 4.78 is 22.5. The summed E-state index contributed by atoms with van der Waals surface area (Å²) in [6.07, 6.45) is 0. The molecule has 0 aliphatic heterocycles. The minimum Gasteiger partial charge on any atom is -0.325 e. The Morgan fingerprint density at radius 3 is 2.12 bits per heavy atom. The van der Waals surface area contributed by atoms with E-state index in [1.165, 1.54) is 36.0 Å². The average molecular weight is 380 g/mol. The predicted molar refractivity (Wildman–Crippen MR) is 98.0 cm³/mol. The maximum absolute atomic E-state index is 12.3. The number of rotatable bonds is 5. The standard InChI is InChI=1S/C16H20N4O3S2/c1-9-10(2)18-16(19-11(9)3)24-12(4)15(21)20-13-5-7-14(8-6-13)25(17,22)23/h5-8,12H,1-4H3,(H,20,21)(H2,17,22,23)/t12-/m0/s1. The largest absolute Gasteiger partial charge is 0.325 e. The third kappa shape index (κ3) is 5.00. The SMILES string of the molecule is Cc1nc(S[C@@H](C)C(=O)Nc2ccc(S(N)(=O)=O)cc2)nc(C)c1C. The molecule has 0 aliphatic carbocycles. The van der Waals surface area contributed by atoms with Gasteiger partial charge in [0.05, 0.1) is 10.1 Å². The van der Waals surface area contributed by atoms with Gasteiger partial charge in [0, 0.05) is 17.1 Å². The number of aryl methyl sites for hydroxylation is 2. The fraction of sp³-hybridized carbons (Fsp3) is 0.312. The number of carbonyl (C=O) groups is 1. The van der Waals surface area contributed by atoms with Crippen LogP contribution in [0.2, 0.25) is 0 Å². The molecular formula is C16H20N4O3S2. The minimum atomic E-state index is -3.75. The van der Waals surface area contributed by atoms with E-state index in [4.69, 9.17) is 5.14 Å². The Labute approximate surface area is 151 Å². The Morgan fingerprint density at radius 2 is 1.64 bits per heavy atom. The highest BCUT2D eigenvalue weighted by atomic mass is 32.2. The summed E-state index contributed by atoms with van der Waals surface area (Å²) in [4.78, 5) is 21.1. The van der Waals surface area contributed by atoms with E-state index in [-0.39, 0.29) is 10.8 Å². The number of carbonyl (C=O) groups excluding carboxylic acids is 1. The zero-order chi connectivity index (χ0) is 18.8. The third-order valence-electron chi connectivity index (χ3n) is 3.71. The van der Waals surface area contributed by atoms with Crippen LogP contribution in [-0.4, -0.2) is 29.5 Å². The zero-order valence-electron chi connectivity index (χ0n) is 14.4. The Balaban J connectivity index is 2.05. The summed E-state index contributed by atoms with van der Waals surface area (Å²) in [5.74, 6) is -0.229. The topological polar surface area (TPSA) is 115 Å². The lowest BCUT2D eigenvalue weighted by molar-refractivity contribution is -0.115. The summed E-state index contributed by atoms with van der Waals surface area (Å²) in [6, 6.07) is 5.68. The molecule has 0 unspecified atom stereocenters. The Morgan fingerprint density at radius 1 is 1.12 bits per heavy atom. The number of amides is 1. The average Bonchev–Trinajstić information content (AvgIpc) is 2.52. The van der Waals surface area contributed by atoms with Crippen molar-refractivity contribution in [3.8, 4) is 0 Å². The Bertz CT molecular complexity index is 873. The second-order valence-electron chi connectivity index (χ2n) is 5.62. The van der Waals surface area contributed by atoms with Crippen molar-refractivity contribution in [2.45, 2.75) is 43.0 Å². The molecule has 0 fully saturated rings. The highest BCUT2D eigenvalue weighted by Gasteiger charge is 2.17. The van der Waals surface area contributed by atoms with E-state index in [1.54, 1.807) is 6.92 Å². The van der Waals surface area contributed by atoms with Crippen LogP contribution in [0.3, 0.4) is 0 Å². The number of nitrogens with zero attached hydrogens (tertiary/aromatic N) is 2. The molecule has 7 nitrogen and oxygen atoms in total. The minimum absolute atomic E-state index is 0.00747. The van der Waals surface area contributed by atoms with Crippen molar-refractivity contribution in [2.24, 2.45) is 5.14 Å². The lowest BCUT2D eigenvalue weighted by Gasteiger charge is -2.13. The van der Waals surface area contributed by atoms with Gasteiger partial charge in [-0.25, -0.2) is 23.5 Å². The van der Waals surface area contributed by atoms with Crippen LogP contribution in [0.5, 0.6) is 0 Å². The monoisotopic (exact) mass is 380 g/mol. The molecule has 2 aromatic rings. The van der Waals surface area contributed by atoms with Crippen molar-refractivity contribution in [3.05, 3.63) is 41.2 Å². The van der Waals surface area contributed by atoms with Crippen LogP contribution in [0.15, 0.2) is 34.3 Å². The maximum Gasteiger partial charge on any atom is 0.238 e. The van der Waals surface area contributed by atoms with Crippen LogP contribution in [0.25, 0.3) is 0 Å². The number of aromatic nitrogens is 2. The highest BCUT2D eigenvalue weighted by Crippen LogP contribution is 2.23. The molecule has 0 saturated carbocycles. The van der Waals surface area contributed by atoms with Gasteiger partial charge in [-0.05, 0) is 57.5 Å². The molecule has 3 N–H and O–H groups in total. The smallest absolute Gasteiger partial charge is 0.238 e. The summed E-state index contributed by atoms with van der Waals surface area (Å²) in [5.41, 5.74) is 3.31. The van der Waals surface area contributed by atoms with Crippen molar-refractivity contribution >= 4 is 33.4 Å². The molecule has 1 aromatic carbocycles. The van der Waals surface area contributed by atoms with E-state index < -0.39 is 15.3 Å². The van der Waals surface area contributed by atoms with Crippen molar-refractivity contribution in [1.29, 1.82) is 0 Å². The molecule has 1 aromatic heterocycles. The van der Waals surface area contributed by atoms with Crippen LogP contribution in [0, 0.1) is 20.8 Å². The van der Waals surface area contributed by atoms with E-state index in [0.29, 0.717) is 10.8 Å². The maximum atomic E-state index is 12.3. The van der Waals surface area contributed by atoms with Gasteiger partial charge in [-0.15, -0.1) is 0 Å². The summed E-state index contributed by atoms with van der Waals surface area (Å²) in [5, 5.41) is 7.91. The lowest BCUT2D eigenvalue weighted by Crippen LogP contribution is -2.23. The number of benzene rings is 1.